The van der Waals surface area contributed by atoms with Gasteiger partial charge in [-0.1, -0.05) is 6.07 Å². The average molecular weight is 356 g/mol. The highest BCUT2D eigenvalue weighted by molar-refractivity contribution is 9.10. The summed E-state index contributed by atoms with van der Waals surface area (Å²) in [6, 6.07) is 6.33. The molecule has 5 heteroatoms. The molecule has 0 amide bonds. The van der Waals surface area contributed by atoms with Crippen molar-refractivity contribution in [3.63, 3.8) is 0 Å². The van der Waals surface area contributed by atoms with E-state index in [1.54, 1.807) is 25.6 Å². The lowest BCUT2D eigenvalue weighted by Crippen LogP contribution is -2.18. The minimum absolute atomic E-state index is 0.272. The second-order valence-corrected chi connectivity index (χ2v) is 6.01. The number of methoxy groups -OCH3 is 2. The number of nitrogens with one attached hydrogen (secondary N) is 1. The van der Waals surface area contributed by atoms with Gasteiger partial charge >= 0.3 is 0 Å². The molecule has 0 radical (unpaired) electrons. The quantitative estimate of drug-likeness (QED) is 0.848. The van der Waals surface area contributed by atoms with E-state index in [1.165, 1.54) is 11.1 Å². The van der Waals surface area contributed by atoms with Crippen LogP contribution in [0.1, 0.15) is 17.2 Å². The van der Waals surface area contributed by atoms with Crippen LogP contribution < -0.4 is 14.8 Å². The third kappa shape index (κ3) is 3.34. The van der Waals surface area contributed by atoms with Gasteiger partial charge in [-0.2, -0.15) is 11.3 Å². The monoisotopic (exact) mass is 355 g/mol. The van der Waals surface area contributed by atoms with Crippen LogP contribution in [0.5, 0.6) is 11.5 Å². The van der Waals surface area contributed by atoms with Gasteiger partial charge in [-0.15, -0.1) is 0 Å². The number of thiophene rings is 1. The molecular weight excluding hydrogens is 338 g/mol. The van der Waals surface area contributed by atoms with Crippen LogP contribution in [0.15, 0.2) is 33.4 Å². The van der Waals surface area contributed by atoms with E-state index < -0.39 is 0 Å². The Balaban J connectivity index is 2.22. The lowest BCUT2D eigenvalue weighted by atomic mass is 10.0. The Hall–Kier alpha value is -1.04. The Morgan fingerprint density at radius 3 is 2.50 bits per heavy atom. The fourth-order valence-corrected chi connectivity index (χ4v) is 3.78. The van der Waals surface area contributed by atoms with Crippen LogP contribution in [-0.4, -0.2) is 21.3 Å². The standard InChI is InChI=1S/C15H18BrNO2S/c1-17-13(11-8-20-9-12(11)16)6-10-4-5-14(18-2)15(7-10)19-3/h4-5,7-9,13,17H,6H2,1-3H3. The minimum atomic E-state index is 0.272. The van der Waals surface area contributed by atoms with E-state index in [-0.39, 0.29) is 6.04 Å². The van der Waals surface area contributed by atoms with Gasteiger partial charge in [-0.05, 0) is 58.0 Å². The van der Waals surface area contributed by atoms with Gasteiger partial charge in [0.2, 0.25) is 0 Å². The number of halogens is 1. The molecule has 0 fully saturated rings. The van der Waals surface area contributed by atoms with Crippen LogP contribution in [0, 0.1) is 0 Å². The van der Waals surface area contributed by atoms with Crippen LogP contribution in [0.3, 0.4) is 0 Å². The zero-order valence-electron chi connectivity index (χ0n) is 11.8. The second kappa shape index (κ2) is 7.11. The zero-order chi connectivity index (χ0) is 14.5. The molecule has 2 rings (SSSR count). The maximum Gasteiger partial charge on any atom is 0.160 e. The van der Waals surface area contributed by atoms with E-state index in [2.05, 4.69) is 38.1 Å². The predicted molar refractivity (Wildman–Crippen MR) is 87.1 cm³/mol. The van der Waals surface area contributed by atoms with Gasteiger partial charge in [0.15, 0.2) is 11.5 Å². The molecule has 1 aromatic carbocycles. The number of benzene rings is 1. The molecule has 1 unspecified atom stereocenters. The van der Waals surface area contributed by atoms with Gasteiger partial charge in [0.25, 0.3) is 0 Å². The number of likely N-dealkylation sites (N-methyl/N-ethyl adjacent to an activating group) is 1. The van der Waals surface area contributed by atoms with Crippen molar-refractivity contribution in [2.75, 3.05) is 21.3 Å². The Labute approximate surface area is 132 Å². The fourth-order valence-electron chi connectivity index (χ4n) is 2.15. The zero-order valence-corrected chi connectivity index (χ0v) is 14.2. The van der Waals surface area contributed by atoms with Crippen LogP contribution >= 0.6 is 27.3 Å². The molecule has 0 saturated heterocycles. The lowest BCUT2D eigenvalue weighted by molar-refractivity contribution is 0.354. The number of hydrogen-bond donors (Lipinski definition) is 1. The van der Waals surface area contributed by atoms with Gasteiger partial charge in [0, 0.05) is 15.9 Å². The first-order valence-electron chi connectivity index (χ1n) is 6.29. The molecule has 1 heterocycles. The SMILES string of the molecule is CNC(Cc1ccc(OC)c(OC)c1)c1cscc1Br. The van der Waals surface area contributed by atoms with Crippen molar-refractivity contribution >= 4 is 27.3 Å². The minimum Gasteiger partial charge on any atom is -0.493 e. The molecule has 108 valence electrons. The number of hydrogen-bond acceptors (Lipinski definition) is 4. The van der Waals surface area contributed by atoms with E-state index in [4.69, 9.17) is 9.47 Å². The molecule has 2 aromatic rings. The molecule has 1 atom stereocenters. The molecule has 0 aliphatic heterocycles. The molecule has 20 heavy (non-hydrogen) atoms. The first-order valence-corrected chi connectivity index (χ1v) is 8.03. The van der Waals surface area contributed by atoms with Crippen molar-refractivity contribution < 1.29 is 9.47 Å². The van der Waals surface area contributed by atoms with Crippen molar-refractivity contribution in [3.05, 3.63) is 44.6 Å². The summed E-state index contributed by atoms with van der Waals surface area (Å²) in [7, 11) is 5.29. The summed E-state index contributed by atoms with van der Waals surface area (Å²) >= 11 is 5.30. The van der Waals surface area contributed by atoms with Gasteiger partial charge in [-0.25, -0.2) is 0 Å². The molecule has 3 nitrogen and oxygen atoms in total. The van der Waals surface area contributed by atoms with E-state index in [0.29, 0.717) is 0 Å². The van der Waals surface area contributed by atoms with E-state index in [9.17, 15) is 0 Å². The molecule has 0 spiro atoms. The Morgan fingerprint density at radius 2 is 1.95 bits per heavy atom. The van der Waals surface area contributed by atoms with Crippen molar-refractivity contribution in [3.8, 4) is 11.5 Å². The van der Waals surface area contributed by atoms with Gasteiger partial charge < -0.3 is 14.8 Å². The summed E-state index contributed by atoms with van der Waals surface area (Å²) in [6.07, 6.45) is 0.895. The normalized spacial score (nSPS) is 12.2. The molecule has 0 aliphatic rings. The first kappa shape index (κ1) is 15.4. The number of rotatable bonds is 6. The van der Waals surface area contributed by atoms with Crippen LogP contribution in [0.4, 0.5) is 0 Å². The van der Waals surface area contributed by atoms with Gasteiger partial charge in [-0.3, -0.25) is 0 Å². The van der Waals surface area contributed by atoms with Crippen molar-refractivity contribution in [1.29, 1.82) is 0 Å². The smallest absolute Gasteiger partial charge is 0.160 e. The second-order valence-electron chi connectivity index (χ2n) is 4.41. The summed E-state index contributed by atoms with van der Waals surface area (Å²) in [4.78, 5) is 0. The Morgan fingerprint density at radius 1 is 1.20 bits per heavy atom. The highest BCUT2D eigenvalue weighted by atomic mass is 79.9. The van der Waals surface area contributed by atoms with Crippen molar-refractivity contribution in [1.82, 2.24) is 5.32 Å². The Bertz CT molecular complexity index is 571. The van der Waals surface area contributed by atoms with Crippen LogP contribution in [-0.2, 0) is 6.42 Å². The molecule has 0 aliphatic carbocycles. The third-order valence-electron chi connectivity index (χ3n) is 3.25. The van der Waals surface area contributed by atoms with Crippen molar-refractivity contribution in [2.45, 2.75) is 12.5 Å². The molecular formula is C15H18BrNO2S. The van der Waals surface area contributed by atoms with Gasteiger partial charge in [0.05, 0.1) is 14.2 Å². The highest BCUT2D eigenvalue weighted by Gasteiger charge is 2.15. The summed E-state index contributed by atoms with van der Waals surface area (Å²) in [5.74, 6) is 1.53. The predicted octanol–water partition coefficient (Wildman–Crippen LogP) is 4.03. The fraction of sp³-hybridized carbons (Fsp3) is 0.333. The summed E-state index contributed by atoms with van der Waals surface area (Å²) < 4.78 is 11.8. The summed E-state index contributed by atoms with van der Waals surface area (Å²) in [5.41, 5.74) is 2.49. The largest absolute Gasteiger partial charge is 0.493 e. The molecule has 0 saturated carbocycles. The van der Waals surface area contributed by atoms with E-state index in [1.807, 2.05) is 19.2 Å². The average Bonchev–Trinajstić information content (AvgIpc) is 2.90. The topological polar surface area (TPSA) is 30.5 Å². The Kier molecular flexibility index (Phi) is 5.46. The van der Waals surface area contributed by atoms with Crippen LogP contribution in [0.25, 0.3) is 0 Å². The number of ether oxygens (including phenoxy) is 2. The van der Waals surface area contributed by atoms with Crippen molar-refractivity contribution in [2.24, 2.45) is 0 Å². The summed E-state index contributed by atoms with van der Waals surface area (Å²) in [6.45, 7) is 0. The summed E-state index contributed by atoms with van der Waals surface area (Å²) in [5, 5.41) is 7.64. The molecule has 1 aromatic heterocycles. The van der Waals surface area contributed by atoms with E-state index >= 15 is 0 Å². The first-order chi connectivity index (χ1) is 9.69. The lowest BCUT2D eigenvalue weighted by Gasteiger charge is -2.17. The van der Waals surface area contributed by atoms with E-state index in [0.717, 1.165) is 22.4 Å². The molecule has 0 bridgehead atoms. The highest BCUT2D eigenvalue weighted by Crippen LogP contribution is 2.32. The maximum absolute atomic E-state index is 5.35. The maximum atomic E-state index is 5.35. The van der Waals surface area contributed by atoms with Gasteiger partial charge in [0.1, 0.15) is 0 Å². The molecule has 1 N–H and O–H groups in total. The van der Waals surface area contributed by atoms with Crippen LogP contribution in [0.2, 0.25) is 0 Å². The third-order valence-corrected chi connectivity index (χ3v) is 5.01.